The predicted molar refractivity (Wildman–Crippen MR) is 79.4 cm³/mol. The first-order chi connectivity index (χ1) is 10.1. The van der Waals surface area contributed by atoms with Crippen LogP contribution in [0.25, 0.3) is 0 Å². The average molecular weight is 287 g/mol. The number of benzene rings is 1. The second-order valence-electron chi connectivity index (χ2n) is 6.07. The van der Waals surface area contributed by atoms with Crippen molar-refractivity contribution in [3.63, 3.8) is 0 Å². The summed E-state index contributed by atoms with van der Waals surface area (Å²) in [7, 11) is 0. The van der Waals surface area contributed by atoms with Crippen molar-refractivity contribution in [2.24, 2.45) is 11.7 Å². The third-order valence-corrected chi connectivity index (χ3v) is 4.63. The zero-order valence-electron chi connectivity index (χ0n) is 12.3. The van der Waals surface area contributed by atoms with Gasteiger partial charge in [-0.15, -0.1) is 0 Å². The summed E-state index contributed by atoms with van der Waals surface area (Å²) in [6.45, 7) is 4.15. The Morgan fingerprint density at radius 1 is 1.24 bits per heavy atom. The average Bonchev–Trinajstić information content (AvgIpc) is 2.94. The first-order valence-electron chi connectivity index (χ1n) is 7.49. The van der Waals surface area contributed by atoms with Crippen molar-refractivity contribution in [2.45, 2.75) is 38.9 Å². The van der Waals surface area contributed by atoms with E-state index in [0.29, 0.717) is 12.1 Å². The molecule has 1 aromatic carbocycles. The predicted octanol–water partition coefficient (Wildman–Crippen LogP) is 1.02. The standard InChI is InChI=1S/C16H21N3O2/c1-10-2-3-13(15(17)20)9-19(10)16(21)11-4-5-12-7-18-8-14(12)6-11/h4-6,10,13,18H,2-3,7-9H2,1H3,(H2,17,20). The highest BCUT2D eigenvalue weighted by atomic mass is 16.2. The molecule has 0 aromatic heterocycles. The maximum atomic E-state index is 12.7. The number of amides is 2. The van der Waals surface area contributed by atoms with Crippen LogP contribution in [0.1, 0.15) is 41.3 Å². The highest BCUT2D eigenvalue weighted by molar-refractivity contribution is 5.95. The summed E-state index contributed by atoms with van der Waals surface area (Å²) in [5, 5.41) is 3.28. The fourth-order valence-electron chi connectivity index (χ4n) is 3.22. The molecule has 2 heterocycles. The largest absolute Gasteiger partial charge is 0.369 e. The summed E-state index contributed by atoms with van der Waals surface area (Å²) >= 11 is 0. The topological polar surface area (TPSA) is 75.4 Å². The number of nitrogens with zero attached hydrogens (tertiary/aromatic N) is 1. The molecule has 5 nitrogen and oxygen atoms in total. The SMILES string of the molecule is CC1CCC(C(N)=O)CN1C(=O)c1ccc2c(c1)CNC2. The first kappa shape index (κ1) is 14.1. The number of nitrogens with one attached hydrogen (secondary N) is 1. The van der Waals surface area contributed by atoms with Crippen LogP contribution in [0.2, 0.25) is 0 Å². The summed E-state index contributed by atoms with van der Waals surface area (Å²) in [5.41, 5.74) is 8.55. The summed E-state index contributed by atoms with van der Waals surface area (Å²) in [5.74, 6) is -0.526. The lowest BCUT2D eigenvalue weighted by Crippen LogP contribution is -2.48. The number of carbonyl (C=O) groups is 2. The van der Waals surface area contributed by atoms with Crippen molar-refractivity contribution < 1.29 is 9.59 Å². The van der Waals surface area contributed by atoms with Gasteiger partial charge in [-0.3, -0.25) is 9.59 Å². The van der Waals surface area contributed by atoms with Gasteiger partial charge in [0.1, 0.15) is 0 Å². The molecule has 21 heavy (non-hydrogen) atoms. The second-order valence-corrected chi connectivity index (χ2v) is 6.07. The van der Waals surface area contributed by atoms with Crippen LogP contribution in [0.5, 0.6) is 0 Å². The van der Waals surface area contributed by atoms with Crippen molar-refractivity contribution >= 4 is 11.8 Å². The fraction of sp³-hybridized carbons (Fsp3) is 0.500. The highest BCUT2D eigenvalue weighted by Gasteiger charge is 2.32. The van der Waals surface area contributed by atoms with Gasteiger partial charge in [0.15, 0.2) is 0 Å². The van der Waals surface area contributed by atoms with Gasteiger partial charge in [-0.05, 0) is 43.0 Å². The van der Waals surface area contributed by atoms with E-state index in [0.717, 1.165) is 25.9 Å². The molecule has 2 aliphatic rings. The Labute approximate surface area is 124 Å². The monoisotopic (exact) mass is 287 g/mol. The molecule has 5 heteroatoms. The number of primary amides is 1. The third kappa shape index (κ3) is 2.65. The molecule has 1 fully saturated rings. The van der Waals surface area contributed by atoms with Crippen molar-refractivity contribution in [3.05, 3.63) is 34.9 Å². The zero-order valence-corrected chi connectivity index (χ0v) is 12.3. The van der Waals surface area contributed by atoms with Crippen LogP contribution in [0.4, 0.5) is 0 Å². The number of likely N-dealkylation sites (tertiary alicyclic amines) is 1. The van der Waals surface area contributed by atoms with Crippen molar-refractivity contribution in [2.75, 3.05) is 6.54 Å². The van der Waals surface area contributed by atoms with E-state index in [1.807, 2.05) is 25.1 Å². The van der Waals surface area contributed by atoms with Crippen LogP contribution in [0.3, 0.4) is 0 Å². The van der Waals surface area contributed by atoms with E-state index in [2.05, 4.69) is 5.32 Å². The van der Waals surface area contributed by atoms with Gasteiger partial charge in [0.25, 0.3) is 5.91 Å². The molecule has 1 saturated heterocycles. The zero-order chi connectivity index (χ0) is 15.0. The quantitative estimate of drug-likeness (QED) is 0.852. The van der Waals surface area contributed by atoms with Crippen LogP contribution >= 0.6 is 0 Å². The van der Waals surface area contributed by atoms with Crippen molar-refractivity contribution in [1.29, 1.82) is 0 Å². The van der Waals surface area contributed by atoms with Gasteiger partial charge in [0.2, 0.25) is 5.91 Å². The normalized spacial score (nSPS) is 24.7. The van der Waals surface area contributed by atoms with Gasteiger partial charge in [-0.25, -0.2) is 0 Å². The van der Waals surface area contributed by atoms with E-state index in [-0.39, 0.29) is 23.8 Å². The number of fused-ring (bicyclic) bond motifs is 1. The van der Waals surface area contributed by atoms with E-state index in [1.54, 1.807) is 4.90 Å². The highest BCUT2D eigenvalue weighted by Crippen LogP contribution is 2.25. The molecule has 112 valence electrons. The Kier molecular flexibility index (Phi) is 3.68. The van der Waals surface area contributed by atoms with E-state index >= 15 is 0 Å². The van der Waals surface area contributed by atoms with Crippen molar-refractivity contribution in [1.82, 2.24) is 10.2 Å². The Morgan fingerprint density at radius 3 is 2.76 bits per heavy atom. The van der Waals surface area contributed by atoms with E-state index in [9.17, 15) is 9.59 Å². The van der Waals surface area contributed by atoms with E-state index in [1.165, 1.54) is 11.1 Å². The lowest BCUT2D eigenvalue weighted by atomic mass is 9.92. The fourth-order valence-corrected chi connectivity index (χ4v) is 3.22. The molecular weight excluding hydrogens is 266 g/mol. The minimum absolute atomic E-state index is 0.00292. The van der Waals surface area contributed by atoms with Gasteiger partial charge < -0.3 is 16.0 Å². The summed E-state index contributed by atoms with van der Waals surface area (Å²) < 4.78 is 0. The Balaban J connectivity index is 1.81. The second kappa shape index (κ2) is 5.48. The van der Waals surface area contributed by atoms with Crippen LogP contribution in [0, 0.1) is 5.92 Å². The number of rotatable bonds is 2. The molecule has 0 bridgehead atoms. The van der Waals surface area contributed by atoms with E-state index < -0.39 is 0 Å². The molecule has 1 aromatic rings. The summed E-state index contributed by atoms with van der Waals surface area (Å²) in [4.78, 5) is 25.9. The summed E-state index contributed by atoms with van der Waals surface area (Å²) in [6.07, 6.45) is 1.60. The molecule has 2 unspecified atom stereocenters. The van der Waals surface area contributed by atoms with Gasteiger partial charge in [0, 0.05) is 31.2 Å². The molecule has 2 aliphatic heterocycles. The van der Waals surface area contributed by atoms with Crippen molar-refractivity contribution in [3.8, 4) is 0 Å². The minimum Gasteiger partial charge on any atom is -0.369 e. The summed E-state index contributed by atoms with van der Waals surface area (Å²) in [6, 6.07) is 6.02. The van der Waals surface area contributed by atoms with Gasteiger partial charge in [-0.1, -0.05) is 6.07 Å². The molecule has 0 spiro atoms. The molecule has 3 N–H and O–H groups in total. The van der Waals surface area contributed by atoms with Crippen LogP contribution in [-0.4, -0.2) is 29.3 Å². The number of carbonyl (C=O) groups excluding carboxylic acids is 2. The van der Waals surface area contributed by atoms with Gasteiger partial charge in [-0.2, -0.15) is 0 Å². The molecule has 3 rings (SSSR count). The minimum atomic E-state index is -0.308. The molecule has 2 atom stereocenters. The van der Waals surface area contributed by atoms with Crippen LogP contribution < -0.4 is 11.1 Å². The van der Waals surface area contributed by atoms with Crippen LogP contribution in [0.15, 0.2) is 18.2 Å². The smallest absolute Gasteiger partial charge is 0.254 e. The molecule has 0 radical (unpaired) electrons. The lowest BCUT2D eigenvalue weighted by molar-refractivity contribution is -0.123. The molecule has 2 amide bonds. The van der Waals surface area contributed by atoms with Crippen LogP contribution in [-0.2, 0) is 17.9 Å². The number of hydrogen-bond acceptors (Lipinski definition) is 3. The maximum Gasteiger partial charge on any atom is 0.254 e. The Morgan fingerprint density at radius 2 is 2.00 bits per heavy atom. The first-order valence-corrected chi connectivity index (χ1v) is 7.49. The lowest BCUT2D eigenvalue weighted by Gasteiger charge is -2.37. The molecule has 0 aliphatic carbocycles. The number of piperidine rings is 1. The third-order valence-electron chi connectivity index (χ3n) is 4.63. The Bertz CT molecular complexity index is 585. The number of hydrogen-bond donors (Lipinski definition) is 2. The van der Waals surface area contributed by atoms with E-state index in [4.69, 9.17) is 5.73 Å². The van der Waals surface area contributed by atoms with Gasteiger partial charge in [0.05, 0.1) is 5.92 Å². The Hall–Kier alpha value is -1.88. The van der Waals surface area contributed by atoms with Gasteiger partial charge >= 0.3 is 0 Å². The molecular formula is C16H21N3O2. The maximum absolute atomic E-state index is 12.7. The number of nitrogens with two attached hydrogens (primary N) is 1. The molecule has 0 saturated carbocycles.